The molecule has 1 aromatic rings. The summed E-state index contributed by atoms with van der Waals surface area (Å²) in [6.07, 6.45) is 4.77. The molecule has 2 heterocycles. The molecule has 3 rings (SSSR count). The van der Waals surface area contributed by atoms with Gasteiger partial charge in [0, 0.05) is 44.9 Å². The summed E-state index contributed by atoms with van der Waals surface area (Å²) in [4.78, 5) is 28.7. The molecule has 0 bridgehead atoms. The maximum absolute atomic E-state index is 12.5. The summed E-state index contributed by atoms with van der Waals surface area (Å²) < 4.78 is 22.7. The van der Waals surface area contributed by atoms with Gasteiger partial charge in [0.2, 0.25) is 5.91 Å². The average molecular weight is 408 g/mol. The van der Waals surface area contributed by atoms with E-state index in [-0.39, 0.29) is 23.6 Å². The molecule has 0 aromatic heterocycles. The second-order valence-electron chi connectivity index (χ2n) is 7.84. The first-order chi connectivity index (χ1) is 13.3. The van der Waals surface area contributed by atoms with Crippen molar-refractivity contribution in [2.75, 3.05) is 32.4 Å². The molecule has 0 radical (unpaired) electrons. The highest BCUT2D eigenvalue weighted by Gasteiger charge is 2.30. The Hall–Kier alpha value is -2.09. The summed E-state index contributed by atoms with van der Waals surface area (Å²) in [5, 5.41) is 2.96. The standard InChI is InChI=1S/C20H29N3O4S/c1-28(26,27)15-17-6-4-16(5-7-17)14-21-19(24)18-8-12-23(13-9-18)20(25)22-10-2-3-11-22/h4-7,18H,2-3,8-15H2,1H3,(H,21,24). The molecule has 0 saturated carbocycles. The third kappa shape index (κ3) is 5.70. The van der Waals surface area contributed by atoms with Gasteiger partial charge in [-0.15, -0.1) is 0 Å². The third-order valence-electron chi connectivity index (χ3n) is 5.43. The van der Waals surface area contributed by atoms with E-state index in [2.05, 4.69) is 5.32 Å². The maximum atomic E-state index is 12.5. The number of nitrogens with zero attached hydrogens (tertiary/aromatic N) is 2. The molecule has 1 N–H and O–H groups in total. The second-order valence-corrected chi connectivity index (χ2v) is 9.98. The van der Waals surface area contributed by atoms with Gasteiger partial charge in [-0.1, -0.05) is 24.3 Å². The lowest BCUT2D eigenvalue weighted by molar-refractivity contribution is -0.126. The van der Waals surface area contributed by atoms with Gasteiger partial charge in [-0.25, -0.2) is 13.2 Å². The van der Waals surface area contributed by atoms with Crippen LogP contribution < -0.4 is 5.32 Å². The predicted molar refractivity (Wildman–Crippen MR) is 107 cm³/mol. The number of amides is 3. The van der Waals surface area contributed by atoms with Crippen LogP contribution in [0.4, 0.5) is 4.79 Å². The zero-order chi connectivity index (χ0) is 20.1. The Kier molecular flexibility index (Phi) is 6.59. The Morgan fingerprint density at radius 2 is 1.50 bits per heavy atom. The van der Waals surface area contributed by atoms with Gasteiger partial charge in [-0.3, -0.25) is 4.79 Å². The Morgan fingerprint density at radius 1 is 0.964 bits per heavy atom. The number of carbonyl (C=O) groups excluding carboxylic acids is 2. The minimum absolute atomic E-state index is 0.0217. The van der Waals surface area contributed by atoms with Crippen molar-refractivity contribution in [1.82, 2.24) is 15.1 Å². The minimum Gasteiger partial charge on any atom is -0.352 e. The van der Waals surface area contributed by atoms with E-state index in [1.54, 1.807) is 12.1 Å². The number of sulfone groups is 1. The molecular weight excluding hydrogens is 378 g/mol. The molecule has 0 unspecified atom stereocenters. The van der Waals surface area contributed by atoms with Crippen LogP contribution in [0.5, 0.6) is 0 Å². The second kappa shape index (κ2) is 8.94. The smallest absolute Gasteiger partial charge is 0.319 e. The molecule has 154 valence electrons. The lowest BCUT2D eigenvalue weighted by Crippen LogP contribution is -2.47. The fourth-order valence-electron chi connectivity index (χ4n) is 3.83. The first-order valence-corrected chi connectivity index (χ1v) is 11.9. The third-order valence-corrected chi connectivity index (χ3v) is 6.29. The molecular formula is C20H29N3O4S. The van der Waals surface area contributed by atoms with Crippen LogP contribution >= 0.6 is 0 Å². The van der Waals surface area contributed by atoms with E-state index in [1.807, 2.05) is 21.9 Å². The van der Waals surface area contributed by atoms with Gasteiger partial charge in [0.25, 0.3) is 0 Å². The highest BCUT2D eigenvalue weighted by molar-refractivity contribution is 7.89. The van der Waals surface area contributed by atoms with Crippen LogP contribution in [0.1, 0.15) is 36.8 Å². The Bertz CT molecular complexity index is 793. The van der Waals surface area contributed by atoms with Crippen molar-refractivity contribution < 1.29 is 18.0 Å². The number of likely N-dealkylation sites (tertiary alicyclic amines) is 2. The monoisotopic (exact) mass is 407 g/mol. The summed E-state index contributed by atoms with van der Waals surface area (Å²) in [6, 6.07) is 7.37. The number of rotatable bonds is 5. The molecule has 3 amide bonds. The van der Waals surface area contributed by atoms with Crippen molar-refractivity contribution in [3.8, 4) is 0 Å². The Morgan fingerprint density at radius 3 is 2.07 bits per heavy atom. The van der Waals surface area contributed by atoms with Gasteiger partial charge in [0.1, 0.15) is 0 Å². The molecule has 2 fully saturated rings. The molecule has 1 aromatic carbocycles. The van der Waals surface area contributed by atoms with E-state index in [0.29, 0.717) is 32.5 Å². The van der Waals surface area contributed by atoms with Crippen molar-refractivity contribution in [1.29, 1.82) is 0 Å². The number of hydrogen-bond acceptors (Lipinski definition) is 4. The van der Waals surface area contributed by atoms with Gasteiger partial charge in [-0.2, -0.15) is 0 Å². The van der Waals surface area contributed by atoms with E-state index < -0.39 is 9.84 Å². The fraction of sp³-hybridized carbons (Fsp3) is 0.600. The summed E-state index contributed by atoms with van der Waals surface area (Å²) in [7, 11) is -3.05. The topological polar surface area (TPSA) is 86.8 Å². The van der Waals surface area contributed by atoms with Crippen molar-refractivity contribution in [2.45, 2.75) is 38.0 Å². The zero-order valence-corrected chi connectivity index (χ0v) is 17.2. The molecule has 0 spiro atoms. The zero-order valence-electron chi connectivity index (χ0n) is 16.4. The van der Waals surface area contributed by atoms with Gasteiger partial charge in [0.05, 0.1) is 5.75 Å². The van der Waals surface area contributed by atoms with Crippen LogP contribution in [0, 0.1) is 5.92 Å². The van der Waals surface area contributed by atoms with E-state index >= 15 is 0 Å². The molecule has 2 aliphatic rings. The van der Waals surface area contributed by atoms with Gasteiger partial charge in [0.15, 0.2) is 9.84 Å². The predicted octanol–water partition coefficient (Wildman–Crippen LogP) is 1.78. The largest absolute Gasteiger partial charge is 0.352 e. The van der Waals surface area contributed by atoms with E-state index in [0.717, 1.165) is 37.1 Å². The van der Waals surface area contributed by atoms with Crippen molar-refractivity contribution in [3.05, 3.63) is 35.4 Å². The minimum atomic E-state index is -3.05. The summed E-state index contributed by atoms with van der Waals surface area (Å²) >= 11 is 0. The summed E-state index contributed by atoms with van der Waals surface area (Å²) in [5.74, 6) is -0.0189. The molecule has 0 aliphatic carbocycles. The number of benzene rings is 1. The summed E-state index contributed by atoms with van der Waals surface area (Å²) in [5.41, 5.74) is 1.68. The van der Waals surface area contributed by atoms with Gasteiger partial charge < -0.3 is 15.1 Å². The average Bonchev–Trinajstić information content (AvgIpc) is 3.20. The van der Waals surface area contributed by atoms with Crippen molar-refractivity contribution in [2.24, 2.45) is 5.92 Å². The number of piperidine rings is 1. The van der Waals surface area contributed by atoms with Crippen molar-refractivity contribution >= 4 is 21.8 Å². The van der Waals surface area contributed by atoms with Crippen LogP contribution in [0.3, 0.4) is 0 Å². The maximum Gasteiger partial charge on any atom is 0.319 e. The van der Waals surface area contributed by atoms with Crippen LogP contribution in [0.25, 0.3) is 0 Å². The quantitative estimate of drug-likeness (QED) is 0.806. The van der Waals surface area contributed by atoms with Crippen LogP contribution in [-0.4, -0.2) is 62.6 Å². The fourth-order valence-corrected chi connectivity index (χ4v) is 4.63. The molecule has 0 atom stereocenters. The van der Waals surface area contributed by atoms with Crippen LogP contribution in [-0.2, 0) is 26.9 Å². The number of urea groups is 1. The Balaban J connectivity index is 1.42. The number of nitrogens with one attached hydrogen (secondary N) is 1. The van der Waals surface area contributed by atoms with Gasteiger partial charge >= 0.3 is 6.03 Å². The molecule has 8 heteroatoms. The highest BCUT2D eigenvalue weighted by Crippen LogP contribution is 2.20. The van der Waals surface area contributed by atoms with E-state index in [9.17, 15) is 18.0 Å². The SMILES string of the molecule is CS(=O)(=O)Cc1ccc(CNC(=O)C2CCN(C(=O)N3CCCC3)CC2)cc1. The highest BCUT2D eigenvalue weighted by atomic mass is 32.2. The number of hydrogen-bond donors (Lipinski definition) is 1. The van der Waals surface area contributed by atoms with E-state index in [1.165, 1.54) is 6.26 Å². The first kappa shape index (κ1) is 20.6. The molecule has 28 heavy (non-hydrogen) atoms. The lowest BCUT2D eigenvalue weighted by atomic mass is 9.96. The molecule has 2 aliphatic heterocycles. The normalized spacial score (nSPS) is 18.3. The number of carbonyl (C=O) groups is 2. The lowest BCUT2D eigenvalue weighted by Gasteiger charge is -2.34. The first-order valence-electron chi connectivity index (χ1n) is 9.89. The molecule has 2 saturated heterocycles. The van der Waals surface area contributed by atoms with Crippen LogP contribution in [0.15, 0.2) is 24.3 Å². The molecule has 7 nitrogen and oxygen atoms in total. The van der Waals surface area contributed by atoms with Gasteiger partial charge in [-0.05, 0) is 36.8 Å². The van der Waals surface area contributed by atoms with Crippen molar-refractivity contribution in [3.63, 3.8) is 0 Å². The van der Waals surface area contributed by atoms with E-state index in [4.69, 9.17) is 0 Å². The van der Waals surface area contributed by atoms with Crippen LogP contribution in [0.2, 0.25) is 0 Å². The Labute approximate surface area is 167 Å². The summed E-state index contributed by atoms with van der Waals surface area (Å²) in [6.45, 7) is 3.39.